The topological polar surface area (TPSA) is 56.2 Å². The number of likely N-dealkylation sites (N-methyl/N-ethyl adjacent to an activating group) is 1. The quantitative estimate of drug-likeness (QED) is 0.518. The van der Waals surface area contributed by atoms with Crippen LogP contribution in [0.25, 0.3) is 0 Å². The van der Waals surface area contributed by atoms with Crippen LogP contribution >= 0.6 is 0 Å². The lowest BCUT2D eigenvalue weighted by Gasteiger charge is -2.11. The van der Waals surface area contributed by atoms with Crippen LogP contribution in [0.4, 0.5) is 0 Å². The summed E-state index contributed by atoms with van der Waals surface area (Å²) in [7, 11) is 1.85. The Bertz CT molecular complexity index is 69.3. The second kappa shape index (κ2) is 7.94. The maximum atomic E-state index is 8.34. The Hall–Kier alpha value is -0.160. The fourth-order valence-corrected chi connectivity index (χ4v) is 0.453. The SMILES string of the molecule is C1CO1.CN(CCO)CCO. The van der Waals surface area contributed by atoms with E-state index in [1.54, 1.807) is 0 Å². The van der Waals surface area contributed by atoms with E-state index in [2.05, 4.69) is 4.74 Å². The Labute approximate surface area is 67.4 Å². The third kappa shape index (κ3) is 12.9. The number of nitrogens with zero attached hydrogens (tertiary/aromatic N) is 1. The van der Waals surface area contributed by atoms with Gasteiger partial charge in [-0.1, -0.05) is 0 Å². The van der Waals surface area contributed by atoms with Crippen molar-refractivity contribution in [3.8, 4) is 0 Å². The molecule has 0 aromatic heterocycles. The predicted octanol–water partition coefficient (Wildman–Crippen LogP) is -1.08. The molecule has 0 aromatic carbocycles. The lowest BCUT2D eigenvalue weighted by Crippen LogP contribution is -2.25. The third-order valence-electron chi connectivity index (χ3n) is 1.17. The highest BCUT2D eigenvalue weighted by molar-refractivity contribution is 4.45. The van der Waals surface area contributed by atoms with Crippen molar-refractivity contribution in [2.75, 3.05) is 46.6 Å². The van der Waals surface area contributed by atoms with Crippen LogP contribution in [0.5, 0.6) is 0 Å². The molecule has 1 saturated heterocycles. The smallest absolute Gasteiger partial charge is 0.0701 e. The Balaban J connectivity index is 0.000000271. The van der Waals surface area contributed by atoms with Crippen molar-refractivity contribution in [1.82, 2.24) is 4.90 Å². The molecule has 1 rings (SSSR count). The Morgan fingerprint density at radius 1 is 1.18 bits per heavy atom. The molecule has 0 spiro atoms. The summed E-state index contributed by atoms with van der Waals surface area (Å²) in [6, 6.07) is 0. The van der Waals surface area contributed by atoms with Crippen molar-refractivity contribution in [3.05, 3.63) is 0 Å². The summed E-state index contributed by atoms with van der Waals surface area (Å²) in [6.07, 6.45) is 0. The molecule has 0 aromatic rings. The van der Waals surface area contributed by atoms with Gasteiger partial charge in [0.25, 0.3) is 0 Å². The van der Waals surface area contributed by atoms with E-state index in [1.165, 1.54) is 0 Å². The average molecular weight is 163 g/mol. The largest absolute Gasteiger partial charge is 0.395 e. The molecular formula is C7H17NO3. The average Bonchev–Trinajstić information content (AvgIpc) is 2.72. The van der Waals surface area contributed by atoms with Gasteiger partial charge in [-0.2, -0.15) is 0 Å². The summed E-state index contributed by atoms with van der Waals surface area (Å²) in [4.78, 5) is 1.86. The summed E-state index contributed by atoms with van der Waals surface area (Å²) in [5, 5.41) is 16.7. The zero-order chi connectivity index (χ0) is 8.53. The van der Waals surface area contributed by atoms with Crippen LogP contribution < -0.4 is 0 Å². The second-order valence-corrected chi connectivity index (χ2v) is 2.36. The monoisotopic (exact) mass is 163 g/mol. The van der Waals surface area contributed by atoms with Gasteiger partial charge in [-0.15, -0.1) is 0 Å². The van der Waals surface area contributed by atoms with Crippen LogP contribution in [0.3, 0.4) is 0 Å². The Morgan fingerprint density at radius 3 is 1.73 bits per heavy atom. The second-order valence-electron chi connectivity index (χ2n) is 2.36. The van der Waals surface area contributed by atoms with Crippen LogP contribution in [0.15, 0.2) is 0 Å². The van der Waals surface area contributed by atoms with Gasteiger partial charge in [-0.25, -0.2) is 0 Å². The van der Waals surface area contributed by atoms with Crippen molar-refractivity contribution in [3.63, 3.8) is 0 Å². The van der Waals surface area contributed by atoms with Crippen molar-refractivity contribution >= 4 is 0 Å². The van der Waals surface area contributed by atoms with E-state index in [1.807, 2.05) is 11.9 Å². The molecule has 0 saturated carbocycles. The van der Waals surface area contributed by atoms with Crippen molar-refractivity contribution in [1.29, 1.82) is 0 Å². The highest BCUT2D eigenvalue weighted by Gasteiger charge is 1.94. The molecule has 0 atom stereocenters. The Kier molecular flexibility index (Phi) is 7.83. The number of epoxide rings is 1. The normalized spacial score (nSPS) is 14.2. The standard InChI is InChI=1S/C5H13NO2.C2H4O/c1-6(2-4-7)3-5-8;1-2-3-1/h7-8H,2-5H2,1H3;1-2H2. The molecule has 0 unspecified atom stereocenters. The maximum Gasteiger partial charge on any atom is 0.0701 e. The number of hydrogen-bond donors (Lipinski definition) is 2. The number of ether oxygens (including phenoxy) is 1. The molecule has 0 radical (unpaired) electrons. The molecule has 1 heterocycles. The molecule has 4 heteroatoms. The molecular weight excluding hydrogens is 146 g/mol. The first-order valence-electron chi connectivity index (χ1n) is 3.79. The van der Waals surface area contributed by atoms with Gasteiger partial charge in [0.2, 0.25) is 0 Å². The van der Waals surface area contributed by atoms with Crippen molar-refractivity contribution in [2.24, 2.45) is 0 Å². The zero-order valence-electron chi connectivity index (χ0n) is 6.99. The van der Waals surface area contributed by atoms with Crippen LogP contribution in [-0.2, 0) is 4.74 Å². The van der Waals surface area contributed by atoms with E-state index < -0.39 is 0 Å². The molecule has 1 aliphatic rings. The molecule has 2 N–H and O–H groups in total. The minimum atomic E-state index is 0.163. The molecule has 1 aliphatic heterocycles. The van der Waals surface area contributed by atoms with E-state index in [4.69, 9.17) is 10.2 Å². The van der Waals surface area contributed by atoms with Gasteiger partial charge in [0.15, 0.2) is 0 Å². The molecule has 11 heavy (non-hydrogen) atoms. The van der Waals surface area contributed by atoms with E-state index in [0.29, 0.717) is 13.1 Å². The van der Waals surface area contributed by atoms with Crippen molar-refractivity contribution < 1.29 is 14.9 Å². The van der Waals surface area contributed by atoms with E-state index in [9.17, 15) is 0 Å². The molecule has 0 amide bonds. The Morgan fingerprint density at radius 2 is 1.55 bits per heavy atom. The van der Waals surface area contributed by atoms with Gasteiger partial charge in [0.1, 0.15) is 0 Å². The van der Waals surface area contributed by atoms with Crippen LogP contribution in [-0.4, -0.2) is 61.7 Å². The fourth-order valence-electron chi connectivity index (χ4n) is 0.453. The molecule has 0 bridgehead atoms. The first-order chi connectivity index (χ1) is 5.31. The minimum Gasteiger partial charge on any atom is -0.395 e. The summed E-state index contributed by atoms with van der Waals surface area (Å²) in [6.45, 7) is 3.61. The van der Waals surface area contributed by atoms with Gasteiger partial charge >= 0.3 is 0 Å². The number of aliphatic hydroxyl groups excluding tert-OH is 2. The van der Waals surface area contributed by atoms with Gasteiger partial charge in [-0.3, -0.25) is 0 Å². The van der Waals surface area contributed by atoms with Crippen molar-refractivity contribution in [2.45, 2.75) is 0 Å². The van der Waals surface area contributed by atoms with E-state index >= 15 is 0 Å². The lowest BCUT2D eigenvalue weighted by atomic mass is 10.5. The first-order valence-corrected chi connectivity index (χ1v) is 3.79. The van der Waals surface area contributed by atoms with Gasteiger partial charge in [0, 0.05) is 13.1 Å². The number of rotatable bonds is 4. The summed E-state index contributed by atoms with van der Waals surface area (Å²) in [5.41, 5.74) is 0. The third-order valence-corrected chi connectivity index (χ3v) is 1.17. The maximum absolute atomic E-state index is 8.34. The first kappa shape index (κ1) is 10.8. The molecule has 4 nitrogen and oxygen atoms in total. The zero-order valence-corrected chi connectivity index (χ0v) is 6.99. The molecule has 0 aliphatic carbocycles. The highest BCUT2D eigenvalue weighted by atomic mass is 16.6. The van der Waals surface area contributed by atoms with Crippen LogP contribution in [0.2, 0.25) is 0 Å². The fraction of sp³-hybridized carbons (Fsp3) is 1.00. The van der Waals surface area contributed by atoms with Gasteiger partial charge in [0.05, 0.1) is 26.4 Å². The van der Waals surface area contributed by atoms with E-state index in [0.717, 1.165) is 13.2 Å². The minimum absolute atomic E-state index is 0.163. The highest BCUT2D eigenvalue weighted by Crippen LogP contribution is 1.84. The summed E-state index contributed by atoms with van der Waals surface area (Å²) in [5.74, 6) is 0. The lowest BCUT2D eigenvalue weighted by molar-refractivity contribution is 0.184. The predicted molar refractivity (Wildman–Crippen MR) is 42.5 cm³/mol. The number of aliphatic hydroxyl groups is 2. The van der Waals surface area contributed by atoms with Gasteiger partial charge < -0.3 is 19.8 Å². The number of hydrogen-bond acceptors (Lipinski definition) is 4. The summed E-state index contributed by atoms with van der Waals surface area (Å²) < 4.78 is 4.50. The van der Waals surface area contributed by atoms with Crippen LogP contribution in [0.1, 0.15) is 0 Å². The van der Waals surface area contributed by atoms with E-state index in [-0.39, 0.29) is 13.2 Å². The van der Waals surface area contributed by atoms with Gasteiger partial charge in [-0.05, 0) is 7.05 Å². The molecule has 1 fully saturated rings. The summed E-state index contributed by atoms with van der Waals surface area (Å²) >= 11 is 0. The molecule has 68 valence electrons. The van der Waals surface area contributed by atoms with Crippen LogP contribution in [0, 0.1) is 0 Å².